The number of nitrogens with two attached hydrogens (primary N) is 1. The number of hydrogen-bond donors (Lipinski definition) is 1. The second-order valence-corrected chi connectivity index (χ2v) is 8.30. The monoisotopic (exact) mass is 443 g/mol. The zero-order valence-electron chi connectivity index (χ0n) is 18.9. The summed E-state index contributed by atoms with van der Waals surface area (Å²) in [4.78, 5) is 20.6. The van der Waals surface area contributed by atoms with Gasteiger partial charge in [0.05, 0.1) is 0 Å². The van der Waals surface area contributed by atoms with Crippen LogP contribution >= 0.6 is 0 Å². The molecule has 0 atom stereocenters. The normalized spacial score (nSPS) is 14.6. The minimum Gasteiger partial charge on any atom is -0.492 e. The molecule has 1 fully saturated rings. The molecule has 0 unspecified atom stereocenters. The lowest BCUT2D eigenvalue weighted by Gasteiger charge is -2.26. The van der Waals surface area contributed by atoms with E-state index in [2.05, 4.69) is 31.3 Å². The van der Waals surface area contributed by atoms with Gasteiger partial charge in [-0.1, -0.05) is 18.6 Å². The first-order valence-corrected chi connectivity index (χ1v) is 11.6. The minimum absolute atomic E-state index is 0.227. The summed E-state index contributed by atoms with van der Waals surface area (Å²) in [5, 5.41) is 0. The van der Waals surface area contributed by atoms with Crippen LogP contribution in [-0.2, 0) is 6.54 Å². The molecule has 0 bridgehead atoms. The third-order valence-corrected chi connectivity index (χ3v) is 6.10. The first kappa shape index (κ1) is 21.3. The smallest absolute Gasteiger partial charge is 0.222 e. The van der Waals surface area contributed by atoms with Crippen LogP contribution in [0.15, 0.2) is 48.8 Å². The number of benzene rings is 1. The number of fused-ring (bicyclic) bond motifs is 1. The number of nitrogen functional groups attached to an aromatic ring is 1. The Bertz CT molecular complexity index is 1230. The van der Waals surface area contributed by atoms with Crippen molar-refractivity contribution in [1.82, 2.24) is 29.4 Å². The number of piperidine rings is 1. The zero-order chi connectivity index (χ0) is 22.6. The predicted octanol–water partition coefficient (Wildman–Crippen LogP) is 4.02. The molecule has 33 heavy (non-hydrogen) atoms. The predicted molar refractivity (Wildman–Crippen MR) is 130 cm³/mol. The van der Waals surface area contributed by atoms with Crippen LogP contribution in [0.1, 0.15) is 26.2 Å². The lowest BCUT2D eigenvalue weighted by molar-refractivity contribution is 0.183. The molecule has 170 valence electrons. The van der Waals surface area contributed by atoms with Crippen LogP contribution in [-0.4, -0.2) is 55.6 Å². The molecule has 0 amide bonds. The summed E-state index contributed by atoms with van der Waals surface area (Å²) in [6.07, 6.45) is 7.44. The third kappa shape index (κ3) is 4.52. The van der Waals surface area contributed by atoms with Gasteiger partial charge in [-0.15, -0.1) is 0 Å². The van der Waals surface area contributed by atoms with Gasteiger partial charge in [0.15, 0.2) is 5.65 Å². The molecule has 0 saturated carbocycles. The fraction of sp³-hybridized carbons (Fsp3) is 0.360. The highest BCUT2D eigenvalue weighted by Crippen LogP contribution is 2.32. The van der Waals surface area contributed by atoms with Crippen molar-refractivity contribution in [2.75, 3.05) is 32.0 Å². The molecule has 4 aromatic rings. The fourth-order valence-electron chi connectivity index (χ4n) is 4.45. The van der Waals surface area contributed by atoms with E-state index in [1.165, 1.54) is 32.4 Å². The van der Waals surface area contributed by atoms with E-state index in [1.807, 2.05) is 36.4 Å². The first-order chi connectivity index (χ1) is 16.2. The van der Waals surface area contributed by atoms with Crippen LogP contribution in [0, 0.1) is 0 Å². The van der Waals surface area contributed by atoms with Gasteiger partial charge in [-0.05, 0) is 57.1 Å². The third-order valence-electron chi connectivity index (χ3n) is 6.10. The van der Waals surface area contributed by atoms with E-state index in [-0.39, 0.29) is 5.95 Å². The number of anilines is 1. The van der Waals surface area contributed by atoms with Crippen molar-refractivity contribution in [3.05, 3.63) is 48.8 Å². The van der Waals surface area contributed by atoms with Crippen LogP contribution < -0.4 is 10.5 Å². The van der Waals surface area contributed by atoms with Gasteiger partial charge in [-0.2, -0.15) is 4.98 Å². The van der Waals surface area contributed by atoms with E-state index in [9.17, 15) is 0 Å². The van der Waals surface area contributed by atoms with Gasteiger partial charge >= 0.3 is 0 Å². The van der Waals surface area contributed by atoms with Gasteiger partial charge in [-0.3, -0.25) is 9.88 Å². The summed E-state index contributed by atoms with van der Waals surface area (Å²) in [5.74, 6) is 1.87. The molecule has 0 spiro atoms. The molecular formula is C25H29N7O. The summed E-state index contributed by atoms with van der Waals surface area (Å²) in [6.45, 7) is 6.74. The Labute approximate surface area is 193 Å². The highest BCUT2D eigenvalue weighted by atomic mass is 16.5. The standard InChI is InChI=1S/C25H29N7O/c1-2-32-23(18-9-11-27-12-10-18)28-22-21(29-25(26)30-24(22)32)19-7-6-8-20(17-19)33-16-15-31-13-4-3-5-14-31/h6-12,17H,2-5,13-16H2,1H3,(H2,26,29,30). The van der Waals surface area contributed by atoms with Crippen molar-refractivity contribution in [3.8, 4) is 28.4 Å². The Balaban J connectivity index is 1.47. The van der Waals surface area contributed by atoms with Gasteiger partial charge in [0.25, 0.3) is 0 Å². The molecule has 2 N–H and O–H groups in total. The minimum atomic E-state index is 0.227. The Kier molecular flexibility index (Phi) is 6.17. The zero-order valence-corrected chi connectivity index (χ0v) is 18.9. The van der Waals surface area contributed by atoms with Crippen molar-refractivity contribution >= 4 is 17.1 Å². The summed E-state index contributed by atoms with van der Waals surface area (Å²) < 4.78 is 8.14. The number of rotatable bonds is 7. The Hall–Kier alpha value is -3.52. The van der Waals surface area contributed by atoms with Crippen molar-refractivity contribution in [1.29, 1.82) is 0 Å². The maximum atomic E-state index is 6.12. The Morgan fingerprint density at radius 1 is 0.970 bits per heavy atom. The molecule has 1 aliphatic heterocycles. The molecular weight excluding hydrogens is 414 g/mol. The highest BCUT2D eigenvalue weighted by molar-refractivity contribution is 5.91. The van der Waals surface area contributed by atoms with E-state index >= 15 is 0 Å². The molecule has 1 aliphatic rings. The van der Waals surface area contributed by atoms with Crippen molar-refractivity contribution in [3.63, 3.8) is 0 Å². The summed E-state index contributed by atoms with van der Waals surface area (Å²) in [7, 11) is 0. The largest absolute Gasteiger partial charge is 0.492 e. The lowest BCUT2D eigenvalue weighted by atomic mass is 10.1. The molecule has 1 saturated heterocycles. The number of nitrogens with zero attached hydrogens (tertiary/aromatic N) is 6. The van der Waals surface area contributed by atoms with Crippen LogP contribution in [0.5, 0.6) is 5.75 Å². The quantitative estimate of drug-likeness (QED) is 0.461. The summed E-state index contributed by atoms with van der Waals surface area (Å²) >= 11 is 0. The number of ether oxygens (including phenoxy) is 1. The fourth-order valence-corrected chi connectivity index (χ4v) is 4.45. The maximum absolute atomic E-state index is 6.12. The average Bonchev–Trinajstić information content (AvgIpc) is 3.23. The number of hydrogen-bond acceptors (Lipinski definition) is 7. The molecule has 0 radical (unpaired) electrons. The second kappa shape index (κ2) is 9.54. The second-order valence-electron chi connectivity index (χ2n) is 8.30. The maximum Gasteiger partial charge on any atom is 0.222 e. The number of likely N-dealkylation sites (tertiary alicyclic amines) is 1. The summed E-state index contributed by atoms with van der Waals surface area (Å²) in [6, 6.07) is 11.9. The van der Waals surface area contributed by atoms with E-state index in [4.69, 9.17) is 15.5 Å². The van der Waals surface area contributed by atoms with Crippen molar-refractivity contribution < 1.29 is 4.74 Å². The molecule has 0 aliphatic carbocycles. The van der Waals surface area contributed by atoms with E-state index < -0.39 is 0 Å². The topological polar surface area (TPSA) is 95.0 Å². The first-order valence-electron chi connectivity index (χ1n) is 11.6. The van der Waals surface area contributed by atoms with E-state index in [0.717, 1.165) is 40.4 Å². The van der Waals surface area contributed by atoms with E-state index in [1.54, 1.807) is 12.4 Å². The average molecular weight is 444 g/mol. The highest BCUT2D eigenvalue weighted by Gasteiger charge is 2.19. The SMILES string of the molecule is CCn1c(-c2ccncc2)nc2c(-c3cccc(OCCN4CCCCC4)c3)nc(N)nc21. The lowest BCUT2D eigenvalue weighted by Crippen LogP contribution is -2.33. The molecule has 8 nitrogen and oxygen atoms in total. The van der Waals surface area contributed by atoms with Crippen LogP contribution in [0.4, 0.5) is 5.95 Å². The summed E-state index contributed by atoms with van der Waals surface area (Å²) in [5.41, 5.74) is 10.2. The van der Waals surface area contributed by atoms with Crippen LogP contribution in [0.3, 0.4) is 0 Å². The molecule has 8 heteroatoms. The van der Waals surface area contributed by atoms with Gasteiger partial charge in [0.1, 0.15) is 29.4 Å². The number of pyridine rings is 1. The van der Waals surface area contributed by atoms with Gasteiger partial charge < -0.3 is 15.0 Å². The van der Waals surface area contributed by atoms with Crippen molar-refractivity contribution in [2.24, 2.45) is 0 Å². The van der Waals surface area contributed by atoms with E-state index in [0.29, 0.717) is 18.8 Å². The van der Waals surface area contributed by atoms with Crippen molar-refractivity contribution in [2.45, 2.75) is 32.7 Å². The van der Waals surface area contributed by atoms with Gasteiger partial charge in [0.2, 0.25) is 5.95 Å². The van der Waals surface area contributed by atoms with Crippen LogP contribution in [0.25, 0.3) is 33.8 Å². The number of aryl methyl sites for hydroxylation is 1. The van der Waals surface area contributed by atoms with Gasteiger partial charge in [-0.25, -0.2) is 9.97 Å². The molecule has 4 heterocycles. The molecule has 5 rings (SSSR count). The van der Waals surface area contributed by atoms with Crippen LogP contribution in [0.2, 0.25) is 0 Å². The number of aromatic nitrogens is 5. The molecule has 1 aromatic carbocycles. The van der Waals surface area contributed by atoms with Gasteiger partial charge in [0, 0.05) is 36.6 Å². The Morgan fingerprint density at radius 2 is 1.79 bits per heavy atom. The number of imidazole rings is 1. The molecule has 3 aromatic heterocycles. The Morgan fingerprint density at radius 3 is 2.58 bits per heavy atom.